The number of nitrogens with one attached hydrogen (secondary N) is 2. The zero-order chi connectivity index (χ0) is 16.9. The van der Waals surface area contributed by atoms with Crippen molar-refractivity contribution >= 4 is 11.9 Å². The number of hydrogen-bond acceptors (Lipinski definition) is 6. The highest BCUT2D eigenvalue weighted by Gasteiger charge is 2.12. The Morgan fingerprint density at radius 2 is 2.33 bits per heavy atom. The summed E-state index contributed by atoms with van der Waals surface area (Å²) in [7, 11) is 0. The average molecular weight is 327 g/mol. The van der Waals surface area contributed by atoms with Gasteiger partial charge in [-0.05, 0) is 37.6 Å². The minimum atomic E-state index is -0.409. The molecule has 1 atom stereocenters. The molecule has 1 unspecified atom stereocenters. The second-order valence-electron chi connectivity index (χ2n) is 5.62. The first kappa shape index (κ1) is 16.0. The summed E-state index contributed by atoms with van der Waals surface area (Å²) in [6.45, 7) is 5.67. The van der Waals surface area contributed by atoms with Gasteiger partial charge >= 0.3 is 5.97 Å². The number of ether oxygens (including phenoxy) is 1. The fourth-order valence-electron chi connectivity index (χ4n) is 2.44. The van der Waals surface area contributed by atoms with Gasteiger partial charge in [0.25, 0.3) is 0 Å². The van der Waals surface area contributed by atoms with Crippen molar-refractivity contribution in [3.63, 3.8) is 0 Å². The fraction of sp³-hybridized carbons (Fsp3) is 0.353. The molecule has 2 aromatic rings. The van der Waals surface area contributed by atoms with Crippen LogP contribution in [0.15, 0.2) is 41.5 Å². The van der Waals surface area contributed by atoms with E-state index in [0.717, 1.165) is 23.8 Å². The highest BCUT2D eigenvalue weighted by Crippen LogP contribution is 2.11. The molecule has 2 N–H and O–H groups in total. The van der Waals surface area contributed by atoms with Gasteiger partial charge in [-0.3, -0.25) is 4.99 Å². The van der Waals surface area contributed by atoms with E-state index in [-0.39, 0.29) is 0 Å². The first-order chi connectivity index (χ1) is 11.7. The van der Waals surface area contributed by atoms with Gasteiger partial charge in [-0.15, -0.1) is 0 Å². The number of benzene rings is 1. The van der Waals surface area contributed by atoms with Crippen LogP contribution >= 0.6 is 0 Å². The van der Waals surface area contributed by atoms with Crippen molar-refractivity contribution in [1.29, 1.82) is 0 Å². The molecule has 7 nitrogen and oxygen atoms in total. The van der Waals surface area contributed by atoms with Gasteiger partial charge in [0, 0.05) is 18.8 Å². The molecule has 0 radical (unpaired) electrons. The Balaban J connectivity index is 1.68. The smallest absolute Gasteiger partial charge is 0.358 e. The normalized spacial score (nSPS) is 16.4. The van der Waals surface area contributed by atoms with E-state index in [1.54, 1.807) is 23.9 Å². The Bertz CT molecular complexity index is 753. The standard InChI is InChI=1S/C17H21N5O2/c1-3-24-16(23)15-7-8-22(21-15)14-6-4-5-13(9-14)11-19-17-18-10-12(2)20-17/h4-9,12H,3,10-11H2,1-2H3,(H2,18,19,20). The van der Waals surface area contributed by atoms with E-state index in [0.29, 0.717) is 24.9 Å². The molecule has 1 aliphatic heterocycles. The van der Waals surface area contributed by atoms with E-state index in [4.69, 9.17) is 4.74 Å². The lowest BCUT2D eigenvalue weighted by molar-refractivity contribution is 0.0519. The van der Waals surface area contributed by atoms with E-state index < -0.39 is 5.97 Å². The SMILES string of the molecule is CCOC(=O)c1ccn(-c2cccc(CNC3=NCC(C)N3)c2)n1. The molecule has 0 bridgehead atoms. The van der Waals surface area contributed by atoms with Crippen LogP contribution in [0.25, 0.3) is 5.69 Å². The first-order valence-corrected chi connectivity index (χ1v) is 8.02. The third kappa shape index (κ3) is 3.73. The van der Waals surface area contributed by atoms with Gasteiger partial charge in [-0.1, -0.05) is 12.1 Å². The van der Waals surface area contributed by atoms with Gasteiger partial charge in [0.15, 0.2) is 11.7 Å². The largest absolute Gasteiger partial charge is 0.461 e. The molecule has 3 rings (SSSR count). The van der Waals surface area contributed by atoms with Crippen molar-refractivity contribution in [2.24, 2.45) is 4.99 Å². The number of hydrogen-bond donors (Lipinski definition) is 2. The number of esters is 1. The number of carbonyl (C=O) groups is 1. The highest BCUT2D eigenvalue weighted by atomic mass is 16.5. The molecule has 0 fully saturated rings. The molecule has 1 aromatic heterocycles. The Labute approximate surface area is 140 Å². The number of rotatable bonds is 5. The van der Waals surface area contributed by atoms with Crippen molar-refractivity contribution in [1.82, 2.24) is 20.4 Å². The third-order valence-corrected chi connectivity index (χ3v) is 3.62. The summed E-state index contributed by atoms with van der Waals surface area (Å²) in [6.07, 6.45) is 1.75. The highest BCUT2D eigenvalue weighted by molar-refractivity contribution is 5.87. The number of nitrogens with zero attached hydrogens (tertiary/aromatic N) is 3. The van der Waals surface area contributed by atoms with Gasteiger partial charge in [-0.25, -0.2) is 9.48 Å². The van der Waals surface area contributed by atoms with Crippen LogP contribution in [0.4, 0.5) is 0 Å². The summed E-state index contributed by atoms with van der Waals surface area (Å²) >= 11 is 0. The number of guanidine groups is 1. The van der Waals surface area contributed by atoms with Gasteiger partial charge in [0.05, 0.1) is 18.8 Å². The van der Waals surface area contributed by atoms with Crippen LogP contribution in [0.3, 0.4) is 0 Å². The van der Waals surface area contributed by atoms with Gasteiger partial charge in [0.1, 0.15) is 0 Å². The van der Waals surface area contributed by atoms with E-state index in [2.05, 4.69) is 27.6 Å². The third-order valence-electron chi connectivity index (χ3n) is 3.62. The van der Waals surface area contributed by atoms with Crippen molar-refractivity contribution in [3.8, 4) is 5.69 Å². The van der Waals surface area contributed by atoms with Crippen molar-refractivity contribution < 1.29 is 9.53 Å². The molecule has 7 heteroatoms. The lowest BCUT2D eigenvalue weighted by atomic mass is 10.2. The van der Waals surface area contributed by atoms with Crippen LogP contribution in [0.1, 0.15) is 29.9 Å². The first-order valence-electron chi connectivity index (χ1n) is 8.02. The summed E-state index contributed by atoms with van der Waals surface area (Å²) in [5.41, 5.74) is 2.29. The zero-order valence-corrected chi connectivity index (χ0v) is 13.8. The molecule has 0 saturated carbocycles. The summed E-state index contributed by atoms with van der Waals surface area (Å²) < 4.78 is 6.63. The van der Waals surface area contributed by atoms with Crippen LogP contribution in [0.2, 0.25) is 0 Å². The lowest BCUT2D eigenvalue weighted by Crippen LogP contribution is -2.37. The molecule has 0 saturated heterocycles. The van der Waals surface area contributed by atoms with Crippen molar-refractivity contribution in [2.45, 2.75) is 26.4 Å². The molecule has 1 aromatic carbocycles. The number of aromatic nitrogens is 2. The maximum absolute atomic E-state index is 11.7. The van der Waals surface area contributed by atoms with Gasteiger partial charge in [-0.2, -0.15) is 5.10 Å². The quantitative estimate of drug-likeness (QED) is 0.813. The molecule has 2 heterocycles. The Kier molecular flexibility index (Phi) is 4.79. The molecule has 1 aliphatic rings. The van der Waals surface area contributed by atoms with E-state index in [1.165, 1.54) is 0 Å². The van der Waals surface area contributed by atoms with E-state index in [1.807, 2.05) is 24.3 Å². The Hall–Kier alpha value is -2.83. The molecule has 126 valence electrons. The fourth-order valence-corrected chi connectivity index (χ4v) is 2.44. The second kappa shape index (κ2) is 7.16. The van der Waals surface area contributed by atoms with Crippen LogP contribution in [0, 0.1) is 0 Å². The lowest BCUT2D eigenvalue weighted by Gasteiger charge is -2.10. The van der Waals surface area contributed by atoms with Crippen LogP contribution in [0.5, 0.6) is 0 Å². The molecular formula is C17H21N5O2. The molecule has 24 heavy (non-hydrogen) atoms. The average Bonchev–Trinajstić information content (AvgIpc) is 3.23. The minimum Gasteiger partial charge on any atom is -0.461 e. The number of aliphatic imine (C=N–C) groups is 1. The van der Waals surface area contributed by atoms with E-state index >= 15 is 0 Å². The molecule has 0 aliphatic carbocycles. The Morgan fingerprint density at radius 1 is 1.46 bits per heavy atom. The topological polar surface area (TPSA) is 80.5 Å². The monoisotopic (exact) mass is 327 g/mol. The summed E-state index contributed by atoms with van der Waals surface area (Å²) in [4.78, 5) is 16.1. The summed E-state index contributed by atoms with van der Waals surface area (Å²) in [5, 5.41) is 10.8. The Morgan fingerprint density at radius 3 is 3.08 bits per heavy atom. The molecule has 0 spiro atoms. The zero-order valence-electron chi connectivity index (χ0n) is 13.8. The van der Waals surface area contributed by atoms with Crippen molar-refractivity contribution in [3.05, 3.63) is 47.8 Å². The van der Waals surface area contributed by atoms with Gasteiger partial charge < -0.3 is 15.4 Å². The van der Waals surface area contributed by atoms with Crippen LogP contribution in [-0.2, 0) is 11.3 Å². The molecule has 0 amide bonds. The maximum Gasteiger partial charge on any atom is 0.358 e. The van der Waals surface area contributed by atoms with Gasteiger partial charge in [0.2, 0.25) is 0 Å². The minimum absolute atomic E-state index is 0.305. The van der Waals surface area contributed by atoms with Crippen molar-refractivity contribution in [2.75, 3.05) is 13.2 Å². The second-order valence-corrected chi connectivity index (χ2v) is 5.62. The number of carbonyl (C=O) groups excluding carboxylic acids is 1. The van der Waals surface area contributed by atoms with Crippen LogP contribution < -0.4 is 10.6 Å². The van der Waals surface area contributed by atoms with Crippen LogP contribution in [-0.4, -0.2) is 40.9 Å². The molecular weight excluding hydrogens is 306 g/mol. The predicted molar refractivity (Wildman–Crippen MR) is 91.3 cm³/mol. The maximum atomic E-state index is 11.7. The van der Waals surface area contributed by atoms with E-state index in [9.17, 15) is 4.79 Å². The summed E-state index contributed by atoms with van der Waals surface area (Å²) in [5.74, 6) is 0.421. The summed E-state index contributed by atoms with van der Waals surface area (Å²) in [6, 6.07) is 9.99. The predicted octanol–water partition coefficient (Wildman–Crippen LogP) is 1.49.